The molecule has 6 nitrogen and oxygen atoms in total. The zero-order valence-corrected chi connectivity index (χ0v) is 10.4. The molecule has 0 saturated carbocycles. The molecular formula is C11H21N3O3. The second-order valence-electron chi connectivity index (χ2n) is 4.39. The number of rotatable bonds is 4. The number of amides is 2. The Hall–Kier alpha value is -1.14. The Morgan fingerprint density at radius 1 is 1.59 bits per heavy atom. The maximum Gasteiger partial charge on any atom is 0.241 e. The third-order valence-corrected chi connectivity index (χ3v) is 2.80. The fourth-order valence-corrected chi connectivity index (χ4v) is 2.07. The van der Waals surface area contributed by atoms with E-state index in [1.165, 1.54) is 14.0 Å². The number of hydrogen-bond donors (Lipinski definition) is 2. The molecule has 3 N–H and O–H groups in total. The molecule has 2 amide bonds. The zero-order valence-electron chi connectivity index (χ0n) is 10.4. The molecule has 0 spiro atoms. The van der Waals surface area contributed by atoms with Crippen LogP contribution in [0.3, 0.4) is 0 Å². The summed E-state index contributed by atoms with van der Waals surface area (Å²) in [7, 11) is 1.52. The number of likely N-dealkylation sites (tertiary alicyclic amines) is 1. The monoisotopic (exact) mass is 243 g/mol. The van der Waals surface area contributed by atoms with Gasteiger partial charge in [0.25, 0.3) is 0 Å². The zero-order chi connectivity index (χ0) is 12.8. The van der Waals surface area contributed by atoms with Crippen LogP contribution < -0.4 is 11.1 Å². The molecule has 1 aliphatic heterocycles. The third kappa shape index (κ3) is 4.32. The average Bonchev–Trinajstić information content (AvgIpc) is 2.28. The van der Waals surface area contributed by atoms with Crippen LogP contribution in [-0.2, 0) is 14.3 Å². The first-order valence-corrected chi connectivity index (χ1v) is 5.85. The summed E-state index contributed by atoms with van der Waals surface area (Å²) in [6, 6.07) is -0.573. The second-order valence-corrected chi connectivity index (χ2v) is 4.39. The van der Waals surface area contributed by atoms with Crippen LogP contribution in [0.4, 0.5) is 0 Å². The topological polar surface area (TPSA) is 84.7 Å². The number of carbonyl (C=O) groups excluding carboxylic acids is 2. The van der Waals surface area contributed by atoms with Crippen molar-refractivity contribution < 1.29 is 14.3 Å². The van der Waals surface area contributed by atoms with Crippen molar-refractivity contribution >= 4 is 11.8 Å². The van der Waals surface area contributed by atoms with Crippen LogP contribution in [0.1, 0.15) is 19.8 Å². The maximum atomic E-state index is 11.9. The highest BCUT2D eigenvalue weighted by Crippen LogP contribution is 2.11. The van der Waals surface area contributed by atoms with Gasteiger partial charge < -0.3 is 20.7 Å². The molecule has 0 aromatic rings. The van der Waals surface area contributed by atoms with Crippen LogP contribution in [-0.4, -0.2) is 55.6 Å². The lowest BCUT2D eigenvalue weighted by molar-refractivity contribution is -0.135. The summed E-state index contributed by atoms with van der Waals surface area (Å²) in [5, 5.41) is 2.83. The molecule has 17 heavy (non-hydrogen) atoms. The summed E-state index contributed by atoms with van der Waals surface area (Å²) in [5.41, 5.74) is 5.70. The van der Waals surface area contributed by atoms with Crippen LogP contribution in [0.15, 0.2) is 0 Å². The van der Waals surface area contributed by atoms with Gasteiger partial charge in [-0.1, -0.05) is 0 Å². The van der Waals surface area contributed by atoms with Gasteiger partial charge in [-0.2, -0.15) is 0 Å². The van der Waals surface area contributed by atoms with Crippen LogP contribution in [0, 0.1) is 0 Å². The van der Waals surface area contributed by atoms with Gasteiger partial charge in [-0.05, 0) is 12.8 Å². The summed E-state index contributed by atoms with van der Waals surface area (Å²) >= 11 is 0. The number of ether oxygens (including phenoxy) is 1. The van der Waals surface area contributed by atoms with Gasteiger partial charge in [0.1, 0.15) is 6.04 Å². The van der Waals surface area contributed by atoms with E-state index in [0.717, 1.165) is 12.8 Å². The van der Waals surface area contributed by atoms with E-state index in [0.29, 0.717) is 13.1 Å². The molecule has 2 unspecified atom stereocenters. The van der Waals surface area contributed by atoms with Crippen molar-refractivity contribution in [1.82, 2.24) is 10.2 Å². The highest BCUT2D eigenvalue weighted by Gasteiger charge is 2.27. The predicted octanol–water partition coefficient (Wildman–Crippen LogP) is -0.913. The van der Waals surface area contributed by atoms with E-state index in [2.05, 4.69) is 5.32 Å². The van der Waals surface area contributed by atoms with Crippen LogP contribution in [0.25, 0.3) is 0 Å². The highest BCUT2D eigenvalue weighted by atomic mass is 16.5. The van der Waals surface area contributed by atoms with E-state index in [1.807, 2.05) is 0 Å². The number of nitrogens with one attached hydrogen (secondary N) is 1. The molecule has 98 valence electrons. The first-order valence-electron chi connectivity index (χ1n) is 5.85. The summed E-state index contributed by atoms with van der Waals surface area (Å²) < 4.78 is 4.86. The minimum atomic E-state index is -0.615. The van der Waals surface area contributed by atoms with Gasteiger partial charge in [-0.25, -0.2) is 0 Å². The van der Waals surface area contributed by atoms with Crippen molar-refractivity contribution in [1.29, 1.82) is 0 Å². The predicted molar refractivity (Wildman–Crippen MR) is 63.3 cm³/mol. The SMILES string of the molecule is COCC(N)C(=O)N1CCCC(NC(C)=O)C1. The van der Waals surface area contributed by atoms with Crippen molar-refractivity contribution in [2.24, 2.45) is 5.73 Å². The Balaban J connectivity index is 2.48. The molecule has 0 bridgehead atoms. The average molecular weight is 243 g/mol. The Morgan fingerprint density at radius 2 is 2.29 bits per heavy atom. The van der Waals surface area contributed by atoms with Gasteiger partial charge in [0.15, 0.2) is 0 Å². The standard InChI is InChI=1S/C11H21N3O3/c1-8(15)13-9-4-3-5-14(6-9)11(16)10(12)7-17-2/h9-10H,3-7,12H2,1-2H3,(H,13,15). The Labute approximate surface area is 101 Å². The molecule has 2 atom stereocenters. The molecule has 1 heterocycles. The minimum absolute atomic E-state index is 0.0416. The summed E-state index contributed by atoms with van der Waals surface area (Å²) in [5.74, 6) is -0.174. The largest absolute Gasteiger partial charge is 0.383 e. The molecule has 0 radical (unpaired) electrons. The van der Waals surface area contributed by atoms with E-state index in [1.54, 1.807) is 4.90 Å². The van der Waals surface area contributed by atoms with E-state index < -0.39 is 6.04 Å². The lowest BCUT2D eigenvalue weighted by atomic mass is 10.0. The first-order chi connectivity index (χ1) is 8.04. The van der Waals surface area contributed by atoms with Gasteiger partial charge in [0.2, 0.25) is 11.8 Å². The number of nitrogens with zero attached hydrogens (tertiary/aromatic N) is 1. The van der Waals surface area contributed by atoms with Gasteiger partial charge in [-0.15, -0.1) is 0 Å². The number of piperidine rings is 1. The molecule has 1 rings (SSSR count). The number of carbonyl (C=O) groups is 2. The third-order valence-electron chi connectivity index (χ3n) is 2.80. The van der Waals surface area contributed by atoms with Crippen LogP contribution in [0.2, 0.25) is 0 Å². The molecular weight excluding hydrogens is 222 g/mol. The van der Waals surface area contributed by atoms with Gasteiger partial charge in [-0.3, -0.25) is 9.59 Å². The van der Waals surface area contributed by atoms with Gasteiger partial charge in [0.05, 0.1) is 6.61 Å². The van der Waals surface area contributed by atoms with E-state index >= 15 is 0 Å². The second kappa shape index (κ2) is 6.56. The molecule has 0 aromatic carbocycles. The van der Waals surface area contributed by atoms with E-state index in [4.69, 9.17) is 10.5 Å². The summed E-state index contributed by atoms with van der Waals surface area (Å²) in [6.45, 7) is 2.94. The highest BCUT2D eigenvalue weighted by molar-refractivity contribution is 5.82. The van der Waals surface area contributed by atoms with Gasteiger partial charge >= 0.3 is 0 Å². The number of nitrogens with two attached hydrogens (primary N) is 1. The smallest absolute Gasteiger partial charge is 0.241 e. The lowest BCUT2D eigenvalue weighted by Gasteiger charge is -2.34. The first kappa shape index (κ1) is 13.9. The number of hydrogen-bond acceptors (Lipinski definition) is 4. The molecule has 1 aliphatic rings. The summed E-state index contributed by atoms with van der Waals surface area (Å²) in [4.78, 5) is 24.6. The molecule has 0 aromatic heterocycles. The van der Waals surface area contributed by atoms with Crippen molar-refractivity contribution in [3.8, 4) is 0 Å². The van der Waals surface area contributed by atoms with Crippen molar-refractivity contribution in [2.75, 3.05) is 26.8 Å². The van der Waals surface area contributed by atoms with Crippen LogP contribution >= 0.6 is 0 Å². The fourth-order valence-electron chi connectivity index (χ4n) is 2.07. The molecule has 1 saturated heterocycles. The van der Waals surface area contributed by atoms with Crippen molar-refractivity contribution in [3.63, 3.8) is 0 Å². The number of methoxy groups -OCH3 is 1. The fraction of sp³-hybridized carbons (Fsp3) is 0.818. The molecule has 0 aliphatic carbocycles. The molecule has 1 fully saturated rings. The minimum Gasteiger partial charge on any atom is -0.383 e. The normalized spacial score (nSPS) is 22.1. The van der Waals surface area contributed by atoms with E-state index in [-0.39, 0.29) is 24.5 Å². The van der Waals surface area contributed by atoms with Crippen molar-refractivity contribution in [2.45, 2.75) is 31.8 Å². The Kier molecular flexibility index (Phi) is 5.37. The van der Waals surface area contributed by atoms with Crippen molar-refractivity contribution in [3.05, 3.63) is 0 Å². The van der Waals surface area contributed by atoms with Gasteiger partial charge in [0, 0.05) is 33.2 Å². The Bertz CT molecular complexity index is 283. The van der Waals surface area contributed by atoms with E-state index in [9.17, 15) is 9.59 Å². The summed E-state index contributed by atoms with van der Waals surface area (Å²) in [6.07, 6.45) is 1.79. The quantitative estimate of drug-likeness (QED) is 0.669. The Morgan fingerprint density at radius 3 is 2.88 bits per heavy atom. The maximum absolute atomic E-state index is 11.9. The molecule has 6 heteroatoms. The lowest BCUT2D eigenvalue weighted by Crippen LogP contribution is -2.54. The van der Waals surface area contributed by atoms with Crippen LogP contribution in [0.5, 0.6) is 0 Å².